The number of rotatable bonds is 5. The molecule has 0 saturated carbocycles. The maximum Gasteiger partial charge on any atom is 0.329 e. The normalized spacial score (nSPS) is 10.8. The lowest BCUT2D eigenvalue weighted by Gasteiger charge is -2.06. The first-order chi connectivity index (χ1) is 11.6. The molecule has 0 fully saturated rings. The monoisotopic (exact) mass is 326 g/mol. The van der Waals surface area contributed by atoms with Crippen LogP contribution in [-0.4, -0.2) is 29.1 Å². The molecule has 0 aliphatic heterocycles. The third kappa shape index (κ3) is 4.91. The largest absolute Gasteiger partial charge is 0.494 e. The summed E-state index contributed by atoms with van der Waals surface area (Å²) in [5.74, 6) is -0.958. The van der Waals surface area contributed by atoms with Gasteiger partial charge in [0.05, 0.1) is 12.3 Å². The highest BCUT2D eigenvalue weighted by atomic mass is 16.5. The molecule has 0 radical (unpaired) electrons. The van der Waals surface area contributed by atoms with E-state index in [9.17, 15) is 9.59 Å². The summed E-state index contributed by atoms with van der Waals surface area (Å²) >= 11 is 0. The summed E-state index contributed by atoms with van der Waals surface area (Å²) in [5, 5.41) is 6.39. The Hall–Kier alpha value is -3.22. The molecule has 0 aliphatic carbocycles. The third-order valence-electron chi connectivity index (χ3n) is 3.05. The number of hydrogen-bond donors (Lipinski definition) is 2. The lowest BCUT2D eigenvalue weighted by atomic mass is 10.2. The molecule has 2 rings (SSSR count). The van der Waals surface area contributed by atoms with Crippen molar-refractivity contribution in [2.75, 3.05) is 11.9 Å². The minimum atomic E-state index is -0.850. The molecule has 2 aromatic rings. The van der Waals surface area contributed by atoms with Crippen LogP contribution in [0.15, 0.2) is 53.9 Å². The van der Waals surface area contributed by atoms with Gasteiger partial charge in [0.2, 0.25) is 0 Å². The van der Waals surface area contributed by atoms with Crippen LogP contribution in [-0.2, 0) is 9.59 Å². The second-order valence-corrected chi connectivity index (χ2v) is 4.79. The van der Waals surface area contributed by atoms with Gasteiger partial charge in [0.1, 0.15) is 5.75 Å². The second-order valence-electron chi connectivity index (χ2n) is 4.79. The van der Waals surface area contributed by atoms with Crippen LogP contribution >= 0.6 is 0 Å². The van der Waals surface area contributed by atoms with Gasteiger partial charge in [0, 0.05) is 23.6 Å². The van der Waals surface area contributed by atoms with E-state index in [1.165, 1.54) is 0 Å². The summed E-state index contributed by atoms with van der Waals surface area (Å²) in [4.78, 5) is 27.5. The first-order valence-electron chi connectivity index (χ1n) is 7.39. The molecule has 7 nitrogen and oxygen atoms in total. The van der Waals surface area contributed by atoms with Crippen LogP contribution in [0.5, 0.6) is 5.75 Å². The Kier molecular flexibility index (Phi) is 6.01. The highest BCUT2D eigenvalue weighted by molar-refractivity contribution is 6.39. The smallest absolute Gasteiger partial charge is 0.329 e. The summed E-state index contributed by atoms with van der Waals surface area (Å²) in [6.45, 7) is 4.16. The number of hydrogen-bond acceptors (Lipinski definition) is 5. The number of pyridine rings is 1. The molecule has 0 atom stereocenters. The Morgan fingerprint density at radius 2 is 1.75 bits per heavy atom. The zero-order valence-corrected chi connectivity index (χ0v) is 13.4. The standard InChI is InChI=1S/C17H18N4O3/c1-3-24-15-6-4-14(5-7-15)19-16(22)17(23)21-20-12(2)13-8-10-18-11-9-13/h4-11H,3H2,1-2H3,(H,19,22)(H,21,23)/b20-12-. The lowest BCUT2D eigenvalue weighted by Crippen LogP contribution is -2.32. The van der Waals surface area contributed by atoms with E-state index in [0.29, 0.717) is 23.8 Å². The molecule has 2 amide bonds. The van der Waals surface area contributed by atoms with E-state index in [2.05, 4.69) is 20.8 Å². The van der Waals surface area contributed by atoms with Crippen LogP contribution in [0.4, 0.5) is 5.69 Å². The summed E-state index contributed by atoms with van der Waals surface area (Å²) < 4.78 is 5.31. The predicted octanol–water partition coefficient (Wildman–Crippen LogP) is 1.96. The minimum absolute atomic E-state index is 0.494. The van der Waals surface area contributed by atoms with Gasteiger partial charge in [-0.2, -0.15) is 5.10 Å². The van der Waals surface area contributed by atoms with Crippen LogP contribution in [0.25, 0.3) is 0 Å². The third-order valence-corrected chi connectivity index (χ3v) is 3.05. The Bertz CT molecular complexity index is 727. The van der Waals surface area contributed by atoms with Crippen LogP contribution in [0.3, 0.4) is 0 Å². The van der Waals surface area contributed by atoms with E-state index < -0.39 is 11.8 Å². The molecular formula is C17H18N4O3. The Morgan fingerprint density at radius 1 is 1.08 bits per heavy atom. The van der Waals surface area contributed by atoms with E-state index >= 15 is 0 Å². The van der Waals surface area contributed by atoms with E-state index in [0.717, 1.165) is 5.56 Å². The van der Waals surface area contributed by atoms with Crippen LogP contribution in [0, 0.1) is 0 Å². The number of carbonyl (C=O) groups is 2. The molecule has 124 valence electrons. The maximum absolute atomic E-state index is 11.8. The van der Waals surface area contributed by atoms with Gasteiger partial charge in [-0.1, -0.05) is 0 Å². The zero-order chi connectivity index (χ0) is 17.4. The fourth-order valence-electron chi connectivity index (χ4n) is 1.83. The number of nitrogens with zero attached hydrogens (tertiary/aromatic N) is 2. The van der Waals surface area contributed by atoms with Crippen molar-refractivity contribution in [3.63, 3.8) is 0 Å². The van der Waals surface area contributed by atoms with Crippen molar-refractivity contribution in [2.24, 2.45) is 5.10 Å². The van der Waals surface area contributed by atoms with Gasteiger partial charge in [-0.3, -0.25) is 14.6 Å². The van der Waals surface area contributed by atoms with E-state index in [1.54, 1.807) is 55.7 Å². The average Bonchev–Trinajstić information content (AvgIpc) is 2.62. The van der Waals surface area contributed by atoms with Crippen LogP contribution < -0.4 is 15.5 Å². The second kappa shape index (κ2) is 8.42. The van der Waals surface area contributed by atoms with Gasteiger partial charge >= 0.3 is 11.8 Å². The Labute approximate surface area is 139 Å². The molecule has 24 heavy (non-hydrogen) atoms. The number of anilines is 1. The first-order valence-corrected chi connectivity index (χ1v) is 7.39. The molecule has 0 spiro atoms. The van der Waals surface area contributed by atoms with Crippen molar-refractivity contribution in [3.05, 3.63) is 54.4 Å². The summed E-state index contributed by atoms with van der Waals surface area (Å²) in [5.41, 5.74) is 4.09. The number of benzene rings is 1. The number of nitrogens with one attached hydrogen (secondary N) is 2. The highest BCUT2D eigenvalue weighted by Gasteiger charge is 2.13. The van der Waals surface area contributed by atoms with Crippen LogP contribution in [0.1, 0.15) is 19.4 Å². The fourth-order valence-corrected chi connectivity index (χ4v) is 1.83. The van der Waals surface area contributed by atoms with Gasteiger partial charge in [-0.15, -0.1) is 0 Å². The van der Waals surface area contributed by atoms with Crippen molar-refractivity contribution in [1.29, 1.82) is 0 Å². The lowest BCUT2D eigenvalue weighted by molar-refractivity contribution is -0.136. The summed E-state index contributed by atoms with van der Waals surface area (Å²) in [6.07, 6.45) is 3.24. The SMILES string of the molecule is CCOc1ccc(NC(=O)C(=O)N/N=C(/C)c2ccncc2)cc1. The van der Waals surface area contributed by atoms with Gasteiger partial charge in [-0.05, 0) is 50.2 Å². The van der Waals surface area contributed by atoms with Gasteiger partial charge in [0.25, 0.3) is 0 Å². The van der Waals surface area contributed by atoms with Gasteiger partial charge in [-0.25, -0.2) is 5.43 Å². The molecule has 0 unspecified atom stereocenters. The topological polar surface area (TPSA) is 92.7 Å². The summed E-state index contributed by atoms with van der Waals surface area (Å²) in [7, 11) is 0. The highest BCUT2D eigenvalue weighted by Crippen LogP contribution is 2.15. The molecular weight excluding hydrogens is 308 g/mol. The molecule has 2 N–H and O–H groups in total. The average molecular weight is 326 g/mol. The van der Waals surface area contributed by atoms with Gasteiger partial charge < -0.3 is 10.1 Å². The van der Waals surface area contributed by atoms with Crippen molar-refractivity contribution < 1.29 is 14.3 Å². The number of hydrazone groups is 1. The fraction of sp³-hybridized carbons (Fsp3) is 0.176. The molecule has 0 aliphatic rings. The Morgan fingerprint density at radius 3 is 2.38 bits per heavy atom. The minimum Gasteiger partial charge on any atom is -0.494 e. The van der Waals surface area contributed by atoms with E-state index in [1.807, 2.05) is 6.92 Å². The quantitative estimate of drug-likeness (QED) is 0.499. The Balaban J connectivity index is 1.91. The molecule has 1 heterocycles. The van der Waals surface area contributed by atoms with E-state index in [-0.39, 0.29) is 0 Å². The molecule has 1 aromatic heterocycles. The molecule has 0 saturated heterocycles. The number of ether oxygens (including phenoxy) is 1. The number of amides is 2. The van der Waals surface area contributed by atoms with Gasteiger partial charge in [0.15, 0.2) is 0 Å². The number of carbonyl (C=O) groups excluding carboxylic acids is 2. The molecule has 0 bridgehead atoms. The summed E-state index contributed by atoms with van der Waals surface area (Å²) in [6, 6.07) is 10.2. The van der Waals surface area contributed by atoms with Crippen molar-refractivity contribution in [3.8, 4) is 5.75 Å². The van der Waals surface area contributed by atoms with Crippen LogP contribution in [0.2, 0.25) is 0 Å². The maximum atomic E-state index is 11.8. The zero-order valence-electron chi connectivity index (χ0n) is 13.4. The number of aromatic nitrogens is 1. The van der Waals surface area contributed by atoms with Crippen molar-refractivity contribution in [2.45, 2.75) is 13.8 Å². The molecule has 7 heteroatoms. The van der Waals surface area contributed by atoms with Crippen molar-refractivity contribution >= 4 is 23.2 Å². The van der Waals surface area contributed by atoms with E-state index in [4.69, 9.17) is 4.74 Å². The van der Waals surface area contributed by atoms with Crippen molar-refractivity contribution in [1.82, 2.24) is 10.4 Å². The predicted molar refractivity (Wildman–Crippen MR) is 90.8 cm³/mol. The molecule has 1 aromatic carbocycles. The first kappa shape index (κ1) is 17.1.